The van der Waals surface area contributed by atoms with Gasteiger partial charge in [0.1, 0.15) is 0 Å². The lowest BCUT2D eigenvalue weighted by Gasteiger charge is -2.26. The molecule has 0 radical (unpaired) electrons. The SMILES string of the molecule is CC(C)c1ccc(N(C)C2CCNC2)cc1. The van der Waals surface area contributed by atoms with Crippen molar-refractivity contribution in [3.05, 3.63) is 29.8 Å². The van der Waals surface area contributed by atoms with Crippen LogP contribution in [0.1, 0.15) is 31.7 Å². The van der Waals surface area contributed by atoms with E-state index in [4.69, 9.17) is 0 Å². The molecular formula is C14H22N2. The highest BCUT2D eigenvalue weighted by atomic mass is 15.2. The van der Waals surface area contributed by atoms with Crippen LogP contribution in [-0.2, 0) is 0 Å². The van der Waals surface area contributed by atoms with E-state index in [0.717, 1.165) is 13.1 Å². The minimum absolute atomic E-state index is 0.618. The van der Waals surface area contributed by atoms with Crippen molar-refractivity contribution in [3.8, 4) is 0 Å². The molecule has 16 heavy (non-hydrogen) atoms. The van der Waals surface area contributed by atoms with Gasteiger partial charge in [0.2, 0.25) is 0 Å². The molecule has 0 bridgehead atoms. The highest BCUT2D eigenvalue weighted by Crippen LogP contribution is 2.22. The summed E-state index contributed by atoms with van der Waals surface area (Å²) in [6.07, 6.45) is 1.25. The van der Waals surface area contributed by atoms with Crippen LogP contribution >= 0.6 is 0 Å². The number of rotatable bonds is 3. The average Bonchev–Trinajstić information content (AvgIpc) is 2.81. The highest BCUT2D eigenvalue weighted by Gasteiger charge is 2.19. The summed E-state index contributed by atoms with van der Waals surface area (Å²) in [5.74, 6) is 0.618. The Morgan fingerprint density at radius 1 is 1.25 bits per heavy atom. The zero-order valence-electron chi connectivity index (χ0n) is 10.5. The number of nitrogens with zero attached hydrogens (tertiary/aromatic N) is 1. The second kappa shape index (κ2) is 4.88. The van der Waals surface area contributed by atoms with Gasteiger partial charge >= 0.3 is 0 Å². The first-order valence-electron chi connectivity index (χ1n) is 6.22. The van der Waals surface area contributed by atoms with Gasteiger partial charge in [-0.3, -0.25) is 0 Å². The molecule has 0 amide bonds. The van der Waals surface area contributed by atoms with E-state index in [0.29, 0.717) is 12.0 Å². The van der Waals surface area contributed by atoms with Gasteiger partial charge in [-0.1, -0.05) is 26.0 Å². The first-order valence-corrected chi connectivity index (χ1v) is 6.22. The maximum absolute atomic E-state index is 3.41. The van der Waals surface area contributed by atoms with Crippen LogP contribution in [-0.4, -0.2) is 26.2 Å². The van der Waals surface area contributed by atoms with Gasteiger partial charge in [-0.15, -0.1) is 0 Å². The van der Waals surface area contributed by atoms with E-state index in [-0.39, 0.29) is 0 Å². The number of likely N-dealkylation sites (N-methyl/N-ethyl adjacent to an activating group) is 1. The number of hydrogen-bond acceptors (Lipinski definition) is 2. The Morgan fingerprint density at radius 2 is 1.94 bits per heavy atom. The Balaban J connectivity index is 2.08. The minimum Gasteiger partial charge on any atom is -0.370 e. The summed E-state index contributed by atoms with van der Waals surface area (Å²) in [5, 5.41) is 3.41. The van der Waals surface area contributed by atoms with Gasteiger partial charge in [-0.25, -0.2) is 0 Å². The van der Waals surface area contributed by atoms with Gasteiger partial charge < -0.3 is 10.2 Å². The van der Waals surface area contributed by atoms with E-state index < -0.39 is 0 Å². The fourth-order valence-corrected chi connectivity index (χ4v) is 2.28. The second-order valence-electron chi connectivity index (χ2n) is 5.00. The van der Waals surface area contributed by atoms with Crippen LogP contribution in [0, 0.1) is 0 Å². The fourth-order valence-electron chi connectivity index (χ4n) is 2.28. The average molecular weight is 218 g/mol. The quantitative estimate of drug-likeness (QED) is 0.839. The molecule has 2 rings (SSSR count). The van der Waals surface area contributed by atoms with E-state index in [1.807, 2.05) is 0 Å². The van der Waals surface area contributed by atoms with Crippen molar-refractivity contribution in [3.63, 3.8) is 0 Å². The summed E-state index contributed by atoms with van der Waals surface area (Å²) >= 11 is 0. The number of anilines is 1. The molecule has 1 N–H and O–H groups in total. The van der Waals surface area contributed by atoms with Crippen LogP contribution in [0.4, 0.5) is 5.69 Å². The molecule has 2 nitrogen and oxygen atoms in total. The van der Waals surface area contributed by atoms with Crippen molar-refractivity contribution >= 4 is 5.69 Å². The maximum Gasteiger partial charge on any atom is 0.0423 e. The summed E-state index contributed by atoms with van der Waals surface area (Å²) in [7, 11) is 2.20. The molecule has 1 fully saturated rings. The standard InChI is InChI=1S/C14H22N2/c1-11(2)12-4-6-13(7-5-12)16(3)14-8-9-15-10-14/h4-7,11,14-15H,8-10H2,1-3H3. The van der Waals surface area contributed by atoms with Gasteiger partial charge in [0.15, 0.2) is 0 Å². The molecule has 88 valence electrons. The van der Waals surface area contributed by atoms with E-state index in [9.17, 15) is 0 Å². The zero-order chi connectivity index (χ0) is 11.5. The van der Waals surface area contributed by atoms with E-state index in [1.165, 1.54) is 17.7 Å². The molecule has 0 aromatic heterocycles. The molecule has 1 aliphatic rings. The fraction of sp³-hybridized carbons (Fsp3) is 0.571. The third-order valence-electron chi connectivity index (χ3n) is 3.55. The smallest absolute Gasteiger partial charge is 0.0423 e. The number of hydrogen-bond donors (Lipinski definition) is 1. The van der Waals surface area contributed by atoms with Crippen LogP contribution in [0.2, 0.25) is 0 Å². The monoisotopic (exact) mass is 218 g/mol. The minimum atomic E-state index is 0.618. The molecule has 0 saturated carbocycles. The first-order chi connectivity index (χ1) is 7.68. The van der Waals surface area contributed by atoms with Crippen LogP contribution < -0.4 is 10.2 Å². The molecule has 0 spiro atoms. The molecule has 1 unspecified atom stereocenters. The van der Waals surface area contributed by atoms with Crippen LogP contribution in [0.5, 0.6) is 0 Å². The van der Waals surface area contributed by atoms with E-state index in [1.54, 1.807) is 0 Å². The molecule has 2 heteroatoms. The molecule has 0 aliphatic carbocycles. The Hall–Kier alpha value is -1.02. The summed E-state index contributed by atoms with van der Waals surface area (Å²) in [4.78, 5) is 2.39. The van der Waals surface area contributed by atoms with E-state index in [2.05, 4.69) is 55.4 Å². The Kier molecular flexibility index (Phi) is 3.49. The van der Waals surface area contributed by atoms with Crippen molar-refractivity contribution in [1.29, 1.82) is 0 Å². The molecule has 1 heterocycles. The normalized spacial score (nSPS) is 20.4. The summed E-state index contributed by atoms with van der Waals surface area (Å²) in [6.45, 7) is 6.74. The number of benzene rings is 1. The molecule has 1 saturated heterocycles. The van der Waals surface area contributed by atoms with Crippen molar-refractivity contribution in [2.24, 2.45) is 0 Å². The predicted molar refractivity (Wildman–Crippen MR) is 70.2 cm³/mol. The third kappa shape index (κ3) is 2.38. The van der Waals surface area contributed by atoms with Crippen molar-refractivity contribution in [2.75, 3.05) is 25.0 Å². The zero-order valence-corrected chi connectivity index (χ0v) is 10.5. The van der Waals surface area contributed by atoms with Gasteiger partial charge in [0.05, 0.1) is 0 Å². The van der Waals surface area contributed by atoms with Gasteiger partial charge in [-0.2, -0.15) is 0 Å². The summed E-state index contributed by atoms with van der Waals surface area (Å²) in [6, 6.07) is 9.64. The van der Waals surface area contributed by atoms with Gasteiger partial charge in [0, 0.05) is 25.3 Å². The maximum atomic E-state index is 3.41. The Bertz CT molecular complexity index is 323. The van der Waals surface area contributed by atoms with Gasteiger partial charge in [0.25, 0.3) is 0 Å². The lowest BCUT2D eigenvalue weighted by Crippen LogP contribution is -2.33. The molecular weight excluding hydrogens is 196 g/mol. The van der Waals surface area contributed by atoms with Crippen LogP contribution in [0.15, 0.2) is 24.3 Å². The summed E-state index contributed by atoms with van der Waals surface area (Å²) < 4.78 is 0. The molecule has 1 aliphatic heterocycles. The van der Waals surface area contributed by atoms with Crippen LogP contribution in [0.3, 0.4) is 0 Å². The topological polar surface area (TPSA) is 15.3 Å². The molecule has 1 atom stereocenters. The Labute approximate surface area is 98.7 Å². The van der Waals surface area contributed by atoms with Crippen molar-refractivity contribution in [1.82, 2.24) is 5.32 Å². The van der Waals surface area contributed by atoms with Gasteiger partial charge in [-0.05, 0) is 36.6 Å². The highest BCUT2D eigenvalue weighted by molar-refractivity contribution is 5.48. The van der Waals surface area contributed by atoms with Crippen LogP contribution in [0.25, 0.3) is 0 Å². The number of nitrogens with one attached hydrogen (secondary N) is 1. The third-order valence-corrected chi connectivity index (χ3v) is 3.55. The largest absolute Gasteiger partial charge is 0.370 e. The lowest BCUT2D eigenvalue weighted by molar-refractivity contribution is 0.685. The lowest BCUT2D eigenvalue weighted by atomic mass is 10.0. The van der Waals surface area contributed by atoms with E-state index >= 15 is 0 Å². The molecule has 1 aromatic rings. The first kappa shape index (κ1) is 11.5. The predicted octanol–water partition coefficient (Wildman–Crippen LogP) is 2.61. The summed E-state index contributed by atoms with van der Waals surface area (Å²) in [5.41, 5.74) is 2.75. The van der Waals surface area contributed by atoms with Crippen molar-refractivity contribution < 1.29 is 0 Å². The molecule has 1 aromatic carbocycles. The van der Waals surface area contributed by atoms with Crippen molar-refractivity contribution in [2.45, 2.75) is 32.2 Å². The second-order valence-corrected chi connectivity index (χ2v) is 5.00. The Morgan fingerprint density at radius 3 is 2.44 bits per heavy atom.